The smallest absolute Gasteiger partial charge is 0.245 e. The summed E-state index contributed by atoms with van der Waals surface area (Å²) in [5, 5.41) is 23.1. The fraction of sp³-hybridized carbons (Fsp3) is 0.500. The van der Waals surface area contributed by atoms with Crippen LogP contribution >= 0.6 is 0 Å². The molecule has 3 aliphatic rings. The minimum Gasteiger partial charge on any atom is -0.507 e. The van der Waals surface area contributed by atoms with Crippen molar-refractivity contribution in [1.82, 2.24) is 25.5 Å². The summed E-state index contributed by atoms with van der Waals surface area (Å²) < 4.78 is 56.5. The van der Waals surface area contributed by atoms with Gasteiger partial charge < -0.3 is 20.1 Å². The van der Waals surface area contributed by atoms with Gasteiger partial charge in [0.25, 0.3) is 0 Å². The number of hydrogen-bond donors (Lipinski definition) is 2. The molecule has 4 atom stereocenters. The van der Waals surface area contributed by atoms with Crippen LogP contribution in [0.25, 0.3) is 22.4 Å². The predicted octanol–water partition coefficient (Wildman–Crippen LogP) is 4.82. The van der Waals surface area contributed by atoms with Gasteiger partial charge in [0.1, 0.15) is 17.6 Å². The quantitative estimate of drug-likeness (QED) is 0.442. The van der Waals surface area contributed by atoms with Crippen LogP contribution in [0.4, 0.5) is 14.7 Å². The molecule has 6 rings (SSSR count). The van der Waals surface area contributed by atoms with Crippen LogP contribution in [0.1, 0.15) is 56.5 Å². The van der Waals surface area contributed by atoms with Gasteiger partial charge in [-0.3, -0.25) is 0 Å². The summed E-state index contributed by atoms with van der Waals surface area (Å²) in [7, 11) is -2.79. The van der Waals surface area contributed by atoms with Crippen molar-refractivity contribution in [2.45, 2.75) is 81.7 Å². The zero-order valence-electron chi connectivity index (χ0n) is 24.3. The van der Waals surface area contributed by atoms with E-state index in [1.54, 1.807) is 12.1 Å². The highest BCUT2D eigenvalue weighted by Gasteiger charge is 2.56. The number of fused-ring (bicyclic) bond motifs is 2. The number of nitrogens with zero attached hydrogens (tertiary/aromatic N) is 5. The van der Waals surface area contributed by atoms with E-state index in [1.165, 1.54) is 18.3 Å². The molecule has 2 N–H and O–H groups in total. The first-order valence-corrected chi connectivity index (χ1v) is 12.9. The van der Waals surface area contributed by atoms with Crippen LogP contribution in [-0.2, 0) is 0 Å². The molecule has 3 fully saturated rings. The lowest BCUT2D eigenvalue weighted by Crippen LogP contribution is -2.73. The first-order valence-electron chi connectivity index (χ1n) is 14.4. The van der Waals surface area contributed by atoms with Crippen LogP contribution < -0.4 is 15.0 Å². The van der Waals surface area contributed by atoms with Crippen molar-refractivity contribution < 1.29 is 22.7 Å². The van der Waals surface area contributed by atoms with Gasteiger partial charge in [-0.15, -0.1) is 10.2 Å². The zero-order valence-corrected chi connectivity index (χ0v) is 21.3. The van der Waals surface area contributed by atoms with Crippen molar-refractivity contribution in [3.63, 3.8) is 0 Å². The average molecular weight is 526 g/mol. The number of nitrogens with one attached hydrogen (secondary N) is 1. The molecule has 200 valence electrons. The second-order valence-corrected chi connectivity index (χ2v) is 11.3. The third kappa shape index (κ3) is 4.44. The van der Waals surface area contributed by atoms with Crippen LogP contribution in [0, 0.1) is 5.95 Å². The van der Waals surface area contributed by atoms with Gasteiger partial charge in [-0.2, -0.15) is 9.37 Å². The molecule has 2 aliphatic heterocycles. The lowest BCUT2D eigenvalue weighted by molar-refractivity contribution is 0.0000874. The Bertz CT molecular complexity index is 1460. The van der Waals surface area contributed by atoms with Crippen molar-refractivity contribution in [3.05, 3.63) is 42.5 Å². The normalized spacial score (nSPS) is 30.2. The number of phenols is 1. The second kappa shape index (κ2) is 9.11. The summed E-state index contributed by atoms with van der Waals surface area (Å²) in [5.41, 5.74) is 0.610. The average Bonchev–Trinajstić information content (AvgIpc) is 3.71. The minimum absolute atomic E-state index is 0.147. The van der Waals surface area contributed by atoms with Gasteiger partial charge in [0, 0.05) is 34.8 Å². The van der Waals surface area contributed by atoms with Crippen LogP contribution in [0.5, 0.6) is 11.6 Å². The Hall–Kier alpha value is -3.40. The summed E-state index contributed by atoms with van der Waals surface area (Å²) in [6.45, 7) is 4.15. The number of phenolic OH excluding ortho intramolecular Hbond substituents is 1. The Kier molecular flexibility index (Phi) is 5.16. The maximum atomic E-state index is 16.0. The number of methoxy groups -OCH3 is 1. The van der Waals surface area contributed by atoms with Crippen molar-refractivity contribution in [2.75, 3.05) is 11.9 Å². The molecule has 0 unspecified atom stereocenters. The highest BCUT2D eigenvalue weighted by atomic mass is 19.1. The van der Waals surface area contributed by atoms with Gasteiger partial charge in [-0.05, 0) is 75.6 Å². The number of aromatic hydroxyl groups is 1. The lowest BCUT2D eigenvalue weighted by Gasteiger charge is -2.57. The molecule has 1 aliphatic carbocycles. The maximum absolute atomic E-state index is 16.0. The molecular formula is C28H32F2N6O2. The Morgan fingerprint density at radius 3 is 2.71 bits per heavy atom. The van der Waals surface area contributed by atoms with E-state index in [-0.39, 0.29) is 28.9 Å². The van der Waals surface area contributed by atoms with E-state index in [4.69, 9.17) is 8.85 Å². The van der Waals surface area contributed by atoms with Gasteiger partial charge in [-0.1, -0.05) is 6.07 Å². The molecular weight excluding hydrogens is 490 g/mol. The van der Waals surface area contributed by atoms with E-state index in [9.17, 15) is 9.50 Å². The third-order valence-corrected chi connectivity index (χ3v) is 8.18. The molecule has 3 aromatic rings. The van der Waals surface area contributed by atoms with Gasteiger partial charge >= 0.3 is 0 Å². The number of alkyl halides is 1. The largest absolute Gasteiger partial charge is 0.507 e. The number of halogens is 2. The number of aromatic nitrogens is 4. The van der Waals surface area contributed by atoms with Crippen molar-refractivity contribution in [3.8, 4) is 34.0 Å². The fourth-order valence-corrected chi connectivity index (χ4v) is 6.31. The SMILES string of the molecule is [2H]C([2H])([2H])Oc1cc(-c2ccc(-c3cnc(N(C4CC4)[C@H]4C[C@]5(C)CCC[C@@](C)(N5)[C@H]4F)nn3)c(O)c2)cc(F)n1. The van der Waals surface area contributed by atoms with Gasteiger partial charge in [0.2, 0.25) is 17.8 Å². The molecule has 38 heavy (non-hydrogen) atoms. The first-order chi connectivity index (χ1) is 19.3. The summed E-state index contributed by atoms with van der Waals surface area (Å²) in [6.07, 6.45) is 5.77. The topological polar surface area (TPSA) is 96.3 Å². The maximum Gasteiger partial charge on any atom is 0.245 e. The molecule has 4 heterocycles. The molecule has 0 spiro atoms. The van der Waals surface area contributed by atoms with Crippen molar-refractivity contribution in [1.29, 1.82) is 0 Å². The number of hydrogen-bond acceptors (Lipinski definition) is 8. The van der Waals surface area contributed by atoms with Crippen LogP contribution in [0.3, 0.4) is 0 Å². The molecule has 1 aromatic carbocycles. The van der Waals surface area contributed by atoms with E-state index in [2.05, 4.69) is 32.4 Å². The summed E-state index contributed by atoms with van der Waals surface area (Å²) in [5.74, 6) is -1.10. The van der Waals surface area contributed by atoms with Gasteiger partial charge in [0.15, 0.2) is 0 Å². The fourth-order valence-electron chi connectivity index (χ4n) is 6.31. The predicted molar refractivity (Wildman–Crippen MR) is 139 cm³/mol. The lowest BCUT2D eigenvalue weighted by atomic mass is 9.68. The van der Waals surface area contributed by atoms with Gasteiger partial charge in [0.05, 0.1) is 23.4 Å². The number of benzene rings is 1. The zero-order chi connectivity index (χ0) is 29.2. The third-order valence-electron chi connectivity index (χ3n) is 8.18. The Morgan fingerprint density at radius 1 is 1.16 bits per heavy atom. The Labute approximate surface area is 224 Å². The highest BCUT2D eigenvalue weighted by molar-refractivity contribution is 5.74. The van der Waals surface area contributed by atoms with Gasteiger partial charge in [-0.25, -0.2) is 9.37 Å². The summed E-state index contributed by atoms with van der Waals surface area (Å²) >= 11 is 0. The number of anilines is 1. The van der Waals surface area contributed by atoms with Crippen LogP contribution in [0.15, 0.2) is 36.5 Å². The summed E-state index contributed by atoms with van der Waals surface area (Å²) in [4.78, 5) is 10.1. The number of rotatable bonds is 6. The molecule has 2 bridgehead atoms. The number of piperidine rings is 2. The first kappa shape index (κ1) is 21.5. The summed E-state index contributed by atoms with van der Waals surface area (Å²) in [6, 6.07) is 6.81. The standard InChI is InChI=1S/C28H32F2N6O2/c1-27-9-4-10-28(2,35-27)25(30)21(14-27)36(18-6-7-18)26-31-15-20(33-34-26)19-8-5-16(11-22(19)37)17-12-23(29)32-24(13-17)38-3/h5,8,11-13,15,18,21,25,35,37H,4,6-7,9-10,14H2,1-3H3/t21-,25-,27-,28+/m0/s1/i3D3. The van der Waals surface area contributed by atoms with E-state index < -0.39 is 30.6 Å². The molecule has 2 aromatic heterocycles. The molecule has 10 heteroatoms. The molecule has 2 saturated heterocycles. The number of pyridine rings is 1. The van der Waals surface area contributed by atoms with Crippen LogP contribution in [-0.4, -0.2) is 61.6 Å². The highest BCUT2D eigenvalue weighted by Crippen LogP contribution is 2.46. The molecule has 1 saturated carbocycles. The molecule has 8 nitrogen and oxygen atoms in total. The van der Waals surface area contributed by atoms with Crippen LogP contribution in [0.2, 0.25) is 0 Å². The Balaban J connectivity index is 1.26. The number of ether oxygens (including phenoxy) is 1. The van der Waals surface area contributed by atoms with Crippen molar-refractivity contribution in [2.24, 2.45) is 0 Å². The molecule has 0 radical (unpaired) electrons. The monoisotopic (exact) mass is 525 g/mol. The molecule has 0 amide bonds. The minimum atomic E-state index is -2.79. The van der Waals surface area contributed by atoms with E-state index in [0.717, 1.165) is 38.2 Å². The van der Waals surface area contributed by atoms with Crippen molar-refractivity contribution >= 4 is 5.95 Å². The van der Waals surface area contributed by atoms with E-state index >= 15 is 4.39 Å². The Morgan fingerprint density at radius 2 is 2.00 bits per heavy atom. The van der Waals surface area contributed by atoms with E-state index in [1.807, 2.05) is 11.8 Å². The second-order valence-electron chi connectivity index (χ2n) is 11.3. The van der Waals surface area contributed by atoms with E-state index in [0.29, 0.717) is 29.2 Å².